The number of anilines is 1. The van der Waals surface area contributed by atoms with Gasteiger partial charge in [-0.25, -0.2) is 4.98 Å². The van der Waals surface area contributed by atoms with Crippen molar-refractivity contribution in [2.24, 2.45) is 0 Å². The van der Waals surface area contributed by atoms with E-state index in [1.165, 1.54) is 5.56 Å². The van der Waals surface area contributed by atoms with Crippen molar-refractivity contribution < 1.29 is 9.47 Å². The molecule has 1 fully saturated rings. The molecule has 0 amide bonds. The summed E-state index contributed by atoms with van der Waals surface area (Å²) in [5.74, 6) is 2.66. The van der Waals surface area contributed by atoms with Crippen LogP contribution in [0.25, 0.3) is 0 Å². The Balaban J connectivity index is 1.36. The summed E-state index contributed by atoms with van der Waals surface area (Å²) in [6.07, 6.45) is 4.29. The lowest BCUT2D eigenvalue weighted by atomic mass is 10.0. The maximum Gasteiger partial charge on any atom is 0.168 e. The van der Waals surface area contributed by atoms with Gasteiger partial charge < -0.3 is 14.8 Å². The van der Waals surface area contributed by atoms with Crippen LogP contribution in [0.1, 0.15) is 42.8 Å². The number of aromatic nitrogens is 2. The highest BCUT2D eigenvalue weighted by Gasteiger charge is 2.26. The lowest BCUT2D eigenvalue weighted by Gasteiger charge is -2.36. The zero-order chi connectivity index (χ0) is 18.8. The summed E-state index contributed by atoms with van der Waals surface area (Å²) in [5, 5.41) is 3.27. The molecule has 6 heteroatoms. The van der Waals surface area contributed by atoms with Crippen LogP contribution in [-0.4, -0.2) is 47.2 Å². The van der Waals surface area contributed by atoms with Gasteiger partial charge in [0, 0.05) is 48.8 Å². The number of pyridine rings is 2. The molecule has 1 atom stereocenters. The van der Waals surface area contributed by atoms with Crippen LogP contribution >= 0.6 is 0 Å². The van der Waals surface area contributed by atoms with Gasteiger partial charge in [-0.05, 0) is 45.2 Å². The summed E-state index contributed by atoms with van der Waals surface area (Å²) >= 11 is 0. The molecular weight excluding hydrogens is 340 g/mol. The third-order valence-electron chi connectivity index (χ3n) is 5.39. The van der Waals surface area contributed by atoms with E-state index in [2.05, 4.69) is 33.2 Å². The highest BCUT2D eigenvalue weighted by atomic mass is 16.5. The van der Waals surface area contributed by atoms with Gasteiger partial charge in [0.05, 0.1) is 6.54 Å². The Bertz CT molecular complexity index is 783. The van der Waals surface area contributed by atoms with Gasteiger partial charge in [0.25, 0.3) is 0 Å². The summed E-state index contributed by atoms with van der Waals surface area (Å²) in [6, 6.07) is 6.49. The van der Waals surface area contributed by atoms with Crippen molar-refractivity contribution in [3.8, 4) is 11.5 Å². The first-order valence-corrected chi connectivity index (χ1v) is 9.81. The van der Waals surface area contributed by atoms with Crippen LogP contribution in [0, 0.1) is 13.8 Å². The Hall–Kier alpha value is -2.34. The van der Waals surface area contributed by atoms with E-state index < -0.39 is 0 Å². The van der Waals surface area contributed by atoms with Crippen molar-refractivity contribution in [2.45, 2.75) is 45.8 Å². The second kappa shape index (κ2) is 7.72. The summed E-state index contributed by atoms with van der Waals surface area (Å²) in [5.41, 5.74) is 3.22. The molecule has 2 aromatic heterocycles. The number of nitrogens with one attached hydrogen (secondary N) is 1. The van der Waals surface area contributed by atoms with Crippen LogP contribution in [0.3, 0.4) is 0 Å². The lowest BCUT2D eigenvalue weighted by Crippen LogP contribution is -2.39. The van der Waals surface area contributed by atoms with Crippen LogP contribution in [0.2, 0.25) is 0 Å². The van der Waals surface area contributed by atoms with E-state index >= 15 is 0 Å². The molecular formula is C21H28N4O2. The molecule has 1 N–H and O–H groups in total. The van der Waals surface area contributed by atoms with E-state index in [0.29, 0.717) is 12.6 Å². The average Bonchev–Trinajstić information content (AvgIpc) is 2.67. The normalized spacial score (nSPS) is 18.9. The highest BCUT2D eigenvalue weighted by Crippen LogP contribution is 2.31. The molecule has 0 aliphatic carbocycles. The maximum absolute atomic E-state index is 6.22. The number of hydrogen-bond acceptors (Lipinski definition) is 6. The van der Waals surface area contributed by atoms with Gasteiger partial charge in [0.2, 0.25) is 0 Å². The molecule has 0 radical (unpaired) electrons. The zero-order valence-corrected chi connectivity index (χ0v) is 16.4. The van der Waals surface area contributed by atoms with E-state index in [-0.39, 0.29) is 6.10 Å². The fraction of sp³-hybridized carbons (Fsp3) is 0.524. The lowest BCUT2D eigenvalue weighted by molar-refractivity contribution is 0.0794. The Morgan fingerprint density at radius 1 is 1.19 bits per heavy atom. The molecule has 6 nitrogen and oxygen atoms in total. The topological polar surface area (TPSA) is 59.5 Å². The Kier molecular flexibility index (Phi) is 5.16. The van der Waals surface area contributed by atoms with E-state index in [1.807, 2.05) is 32.2 Å². The number of rotatable bonds is 4. The minimum absolute atomic E-state index is 0.267. The van der Waals surface area contributed by atoms with Gasteiger partial charge in [0.1, 0.15) is 18.5 Å². The monoisotopic (exact) mass is 368 g/mol. The SMILES string of the molecule is Cc1cc(OC2CCN(C(C)c3cnc4c(c3)OCCN4)CC2)cc(C)n1. The summed E-state index contributed by atoms with van der Waals surface area (Å²) in [7, 11) is 0. The van der Waals surface area contributed by atoms with Crippen molar-refractivity contribution in [1.82, 2.24) is 14.9 Å². The molecule has 4 rings (SSSR count). The number of aryl methyl sites for hydroxylation is 2. The quantitative estimate of drug-likeness (QED) is 0.891. The zero-order valence-electron chi connectivity index (χ0n) is 16.4. The van der Waals surface area contributed by atoms with Gasteiger partial charge in [0.15, 0.2) is 11.6 Å². The number of nitrogens with zero attached hydrogens (tertiary/aromatic N) is 3. The Morgan fingerprint density at radius 3 is 2.67 bits per heavy atom. The van der Waals surface area contributed by atoms with Crippen LogP contribution in [-0.2, 0) is 0 Å². The number of piperidine rings is 1. The first-order chi connectivity index (χ1) is 13.1. The van der Waals surface area contributed by atoms with E-state index in [9.17, 15) is 0 Å². The molecule has 144 valence electrons. The molecule has 2 aliphatic rings. The fourth-order valence-electron chi connectivity index (χ4n) is 3.91. The molecule has 1 saturated heterocycles. The minimum atomic E-state index is 0.267. The first-order valence-electron chi connectivity index (χ1n) is 9.81. The van der Waals surface area contributed by atoms with E-state index in [0.717, 1.165) is 61.2 Å². The predicted molar refractivity (Wildman–Crippen MR) is 106 cm³/mol. The van der Waals surface area contributed by atoms with Crippen molar-refractivity contribution >= 4 is 5.82 Å². The molecule has 27 heavy (non-hydrogen) atoms. The van der Waals surface area contributed by atoms with Crippen LogP contribution in [0.4, 0.5) is 5.82 Å². The van der Waals surface area contributed by atoms with Gasteiger partial charge in [-0.2, -0.15) is 0 Å². The van der Waals surface area contributed by atoms with Crippen LogP contribution < -0.4 is 14.8 Å². The molecule has 1 unspecified atom stereocenters. The molecule has 2 aromatic rings. The molecule has 0 aromatic carbocycles. The number of hydrogen-bond donors (Lipinski definition) is 1. The number of ether oxygens (including phenoxy) is 2. The smallest absolute Gasteiger partial charge is 0.168 e. The van der Waals surface area contributed by atoms with Gasteiger partial charge >= 0.3 is 0 Å². The van der Waals surface area contributed by atoms with Crippen molar-refractivity contribution in [3.05, 3.63) is 41.3 Å². The summed E-state index contributed by atoms with van der Waals surface area (Å²) in [4.78, 5) is 11.4. The second-order valence-electron chi connectivity index (χ2n) is 7.51. The van der Waals surface area contributed by atoms with E-state index in [4.69, 9.17) is 9.47 Å². The number of fused-ring (bicyclic) bond motifs is 1. The van der Waals surface area contributed by atoms with E-state index in [1.54, 1.807) is 0 Å². The highest BCUT2D eigenvalue weighted by molar-refractivity contribution is 5.52. The first kappa shape index (κ1) is 18.0. The predicted octanol–water partition coefficient (Wildman–Crippen LogP) is 3.50. The molecule has 0 bridgehead atoms. The van der Waals surface area contributed by atoms with Crippen molar-refractivity contribution in [1.29, 1.82) is 0 Å². The summed E-state index contributed by atoms with van der Waals surface area (Å²) < 4.78 is 12.0. The third kappa shape index (κ3) is 4.16. The molecule has 2 aliphatic heterocycles. The minimum Gasteiger partial charge on any atom is -0.490 e. The van der Waals surface area contributed by atoms with Gasteiger partial charge in [-0.15, -0.1) is 0 Å². The van der Waals surface area contributed by atoms with Crippen molar-refractivity contribution in [2.75, 3.05) is 31.6 Å². The Labute approximate surface area is 160 Å². The van der Waals surface area contributed by atoms with Gasteiger partial charge in [-0.3, -0.25) is 9.88 Å². The second-order valence-corrected chi connectivity index (χ2v) is 7.51. The third-order valence-corrected chi connectivity index (χ3v) is 5.39. The van der Waals surface area contributed by atoms with Gasteiger partial charge in [-0.1, -0.05) is 0 Å². The van der Waals surface area contributed by atoms with Crippen LogP contribution in [0.5, 0.6) is 11.5 Å². The molecule has 0 saturated carbocycles. The standard InChI is InChI=1S/C21H28N4O2/c1-14-10-19(11-15(2)24-14)27-18-4-7-25(8-5-18)16(3)17-12-20-21(23-13-17)22-6-9-26-20/h10-13,16,18H,4-9H2,1-3H3,(H,22,23). The Morgan fingerprint density at radius 2 is 1.93 bits per heavy atom. The average molecular weight is 368 g/mol. The largest absolute Gasteiger partial charge is 0.490 e. The maximum atomic E-state index is 6.22. The summed E-state index contributed by atoms with van der Waals surface area (Å²) in [6.45, 7) is 9.82. The molecule has 4 heterocycles. The van der Waals surface area contributed by atoms with Crippen LogP contribution in [0.15, 0.2) is 24.4 Å². The fourth-order valence-corrected chi connectivity index (χ4v) is 3.91. The number of likely N-dealkylation sites (tertiary alicyclic amines) is 1. The molecule has 0 spiro atoms. The van der Waals surface area contributed by atoms with Crippen molar-refractivity contribution in [3.63, 3.8) is 0 Å².